The van der Waals surface area contributed by atoms with Crippen molar-refractivity contribution in [3.63, 3.8) is 0 Å². The molecule has 1 aliphatic rings. The minimum Gasteiger partial charge on any atom is -0.341 e. The summed E-state index contributed by atoms with van der Waals surface area (Å²) in [6.07, 6.45) is 4.09. The Bertz CT molecular complexity index is 1070. The van der Waals surface area contributed by atoms with Gasteiger partial charge in [0.1, 0.15) is 5.82 Å². The van der Waals surface area contributed by atoms with Crippen LogP contribution in [0.4, 0.5) is 0 Å². The van der Waals surface area contributed by atoms with Crippen LogP contribution in [0.25, 0.3) is 11.0 Å². The molecular formula is C23H21N3OS. The van der Waals surface area contributed by atoms with Gasteiger partial charge in [-0.3, -0.25) is 4.79 Å². The summed E-state index contributed by atoms with van der Waals surface area (Å²) in [6.45, 7) is 0. The molecule has 5 rings (SSSR count). The van der Waals surface area contributed by atoms with Crippen molar-refractivity contribution in [1.82, 2.24) is 15.3 Å². The zero-order chi connectivity index (χ0) is 18.9. The molecule has 5 heteroatoms. The quantitative estimate of drug-likeness (QED) is 0.515. The molecule has 2 N–H and O–H groups in total. The van der Waals surface area contributed by atoms with Gasteiger partial charge >= 0.3 is 0 Å². The summed E-state index contributed by atoms with van der Waals surface area (Å²) in [4.78, 5) is 23.3. The average molecular weight is 388 g/mol. The van der Waals surface area contributed by atoms with Crippen LogP contribution < -0.4 is 5.32 Å². The van der Waals surface area contributed by atoms with Gasteiger partial charge in [-0.15, -0.1) is 11.3 Å². The molecule has 4 aromatic rings. The first kappa shape index (κ1) is 17.2. The third kappa shape index (κ3) is 3.34. The van der Waals surface area contributed by atoms with E-state index in [1.807, 2.05) is 42.5 Å². The lowest BCUT2D eigenvalue weighted by Gasteiger charge is -2.16. The van der Waals surface area contributed by atoms with Crippen molar-refractivity contribution in [1.29, 1.82) is 0 Å². The minimum atomic E-state index is -0.209. The molecule has 0 saturated heterocycles. The molecule has 0 spiro atoms. The second-order valence-corrected chi connectivity index (χ2v) is 8.40. The van der Waals surface area contributed by atoms with Crippen LogP contribution in [-0.2, 0) is 19.3 Å². The molecule has 1 unspecified atom stereocenters. The fraction of sp³-hybridized carbons (Fsp3) is 0.217. The number of rotatable bonds is 5. The fourth-order valence-corrected chi connectivity index (χ4v) is 5.03. The number of hydrogen-bond acceptors (Lipinski definition) is 3. The molecule has 2 aromatic heterocycles. The molecule has 0 aliphatic heterocycles. The van der Waals surface area contributed by atoms with Gasteiger partial charge in [0.25, 0.3) is 5.91 Å². The van der Waals surface area contributed by atoms with Crippen molar-refractivity contribution in [2.24, 2.45) is 0 Å². The molecule has 1 amide bonds. The van der Waals surface area contributed by atoms with Crippen LogP contribution in [0.15, 0.2) is 60.7 Å². The zero-order valence-electron chi connectivity index (χ0n) is 15.4. The number of hydrogen-bond donors (Lipinski definition) is 2. The molecule has 0 bridgehead atoms. The van der Waals surface area contributed by atoms with Crippen molar-refractivity contribution in [2.75, 3.05) is 0 Å². The van der Waals surface area contributed by atoms with E-state index in [4.69, 9.17) is 4.98 Å². The summed E-state index contributed by atoms with van der Waals surface area (Å²) in [5.74, 6) is 0.781. The van der Waals surface area contributed by atoms with Gasteiger partial charge in [0.15, 0.2) is 0 Å². The largest absolute Gasteiger partial charge is 0.341 e. The number of carbonyl (C=O) groups is 1. The maximum absolute atomic E-state index is 13.0. The molecule has 2 aromatic carbocycles. The standard InChI is InChI=1S/C23H21N3OS/c27-23(21-14-16-9-6-12-20(16)28-21)26-19(13-15-7-2-1-3-8-15)22-24-17-10-4-5-11-18(17)25-22/h1-5,7-8,10-11,14,19H,6,9,12-13H2,(H,24,25)(H,26,27). The second-order valence-electron chi connectivity index (χ2n) is 7.27. The number of fused-ring (bicyclic) bond motifs is 2. The number of amides is 1. The molecule has 0 radical (unpaired) electrons. The first-order valence-corrected chi connectivity index (χ1v) is 10.5. The molecule has 0 saturated carbocycles. The number of nitrogens with zero attached hydrogens (tertiary/aromatic N) is 1. The minimum absolute atomic E-state index is 0.0132. The number of imidazole rings is 1. The Balaban J connectivity index is 1.45. The number of aryl methyl sites for hydroxylation is 2. The van der Waals surface area contributed by atoms with E-state index in [0.29, 0.717) is 6.42 Å². The van der Waals surface area contributed by atoms with Crippen LogP contribution in [0, 0.1) is 0 Å². The highest BCUT2D eigenvalue weighted by Gasteiger charge is 2.23. The van der Waals surface area contributed by atoms with E-state index in [1.54, 1.807) is 11.3 Å². The summed E-state index contributed by atoms with van der Waals surface area (Å²) in [5, 5.41) is 3.23. The van der Waals surface area contributed by atoms with Gasteiger partial charge < -0.3 is 10.3 Å². The van der Waals surface area contributed by atoms with Crippen LogP contribution in [0.3, 0.4) is 0 Å². The van der Waals surface area contributed by atoms with Gasteiger partial charge in [-0.1, -0.05) is 42.5 Å². The Hall–Kier alpha value is -2.92. The van der Waals surface area contributed by atoms with Gasteiger partial charge in [0.05, 0.1) is 22.0 Å². The summed E-state index contributed by atoms with van der Waals surface area (Å²) in [5.41, 5.74) is 4.42. The van der Waals surface area contributed by atoms with Gasteiger partial charge in [0, 0.05) is 4.88 Å². The maximum atomic E-state index is 13.0. The smallest absolute Gasteiger partial charge is 0.261 e. The van der Waals surface area contributed by atoms with Crippen LogP contribution in [0.2, 0.25) is 0 Å². The third-order valence-corrected chi connectivity index (χ3v) is 6.53. The summed E-state index contributed by atoms with van der Waals surface area (Å²) in [7, 11) is 0. The van der Waals surface area contributed by atoms with E-state index < -0.39 is 0 Å². The average Bonchev–Trinajstić information content (AvgIpc) is 3.42. The highest BCUT2D eigenvalue weighted by atomic mass is 32.1. The number of carbonyl (C=O) groups excluding carboxylic acids is 1. The van der Waals surface area contributed by atoms with E-state index in [1.165, 1.54) is 22.4 Å². The van der Waals surface area contributed by atoms with Crippen LogP contribution >= 0.6 is 11.3 Å². The maximum Gasteiger partial charge on any atom is 0.261 e. The molecule has 28 heavy (non-hydrogen) atoms. The van der Waals surface area contributed by atoms with Crippen molar-refractivity contribution in [3.8, 4) is 0 Å². The number of aromatic amines is 1. The van der Waals surface area contributed by atoms with Gasteiger partial charge in [-0.25, -0.2) is 4.98 Å². The van der Waals surface area contributed by atoms with E-state index >= 15 is 0 Å². The lowest BCUT2D eigenvalue weighted by Crippen LogP contribution is -2.30. The SMILES string of the molecule is O=C(NC(Cc1ccccc1)c1nc2ccccc2[nH]1)c1cc2c(s1)CCC2. The van der Waals surface area contributed by atoms with E-state index in [9.17, 15) is 4.79 Å². The molecule has 2 heterocycles. The fourth-order valence-electron chi connectivity index (χ4n) is 3.87. The lowest BCUT2D eigenvalue weighted by molar-refractivity contribution is 0.0939. The monoisotopic (exact) mass is 387 g/mol. The number of aromatic nitrogens is 2. The van der Waals surface area contributed by atoms with Gasteiger partial charge in [-0.05, 0) is 55.0 Å². The third-order valence-electron chi connectivity index (χ3n) is 5.30. The Morgan fingerprint density at radius 3 is 2.75 bits per heavy atom. The predicted octanol–water partition coefficient (Wildman–Crippen LogP) is 4.83. The Kier molecular flexibility index (Phi) is 4.45. The number of thiophene rings is 1. The number of para-hydroxylation sites is 2. The molecule has 1 atom stereocenters. The van der Waals surface area contributed by atoms with Crippen molar-refractivity contribution < 1.29 is 4.79 Å². The van der Waals surface area contributed by atoms with Crippen LogP contribution in [-0.4, -0.2) is 15.9 Å². The highest BCUT2D eigenvalue weighted by Crippen LogP contribution is 2.31. The zero-order valence-corrected chi connectivity index (χ0v) is 16.3. The first-order chi connectivity index (χ1) is 13.8. The van der Waals surface area contributed by atoms with Crippen molar-refractivity contribution >= 4 is 28.3 Å². The van der Waals surface area contributed by atoms with E-state index in [0.717, 1.165) is 34.6 Å². The summed E-state index contributed by atoms with van der Waals surface area (Å²) in [6, 6.07) is 20.0. The van der Waals surface area contributed by atoms with Crippen molar-refractivity contribution in [3.05, 3.63) is 87.4 Å². The normalized spacial score (nSPS) is 14.1. The highest BCUT2D eigenvalue weighted by molar-refractivity contribution is 7.14. The summed E-state index contributed by atoms with van der Waals surface area (Å²) >= 11 is 1.64. The second kappa shape index (κ2) is 7.24. The molecule has 4 nitrogen and oxygen atoms in total. The lowest BCUT2D eigenvalue weighted by atomic mass is 10.1. The Morgan fingerprint density at radius 2 is 1.93 bits per heavy atom. The van der Waals surface area contributed by atoms with Crippen LogP contribution in [0.1, 0.15) is 44.0 Å². The molecule has 0 fully saturated rings. The van der Waals surface area contributed by atoms with Gasteiger partial charge in [-0.2, -0.15) is 0 Å². The number of nitrogens with one attached hydrogen (secondary N) is 2. The van der Waals surface area contributed by atoms with E-state index in [-0.39, 0.29) is 11.9 Å². The van der Waals surface area contributed by atoms with Gasteiger partial charge in [0.2, 0.25) is 0 Å². The molecule has 1 aliphatic carbocycles. The number of benzene rings is 2. The van der Waals surface area contributed by atoms with E-state index in [2.05, 4.69) is 28.5 Å². The topological polar surface area (TPSA) is 57.8 Å². The molecular weight excluding hydrogens is 366 g/mol. The Labute approximate surface area is 167 Å². The van der Waals surface area contributed by atoms with Crippen LogP contribution in [0.5, 0.6) is 0 Å². The predicted molar refractivity (Wildman–Crippen MR) is 113 cm³/mol. The summed E-state index contributed by atoms with van der Waals surface area (Å²) < 4.78 is 0. The Morgan fingerprint density at radius 1 is 1.11 bits per heavy atom. The van der Waals surface area contributed by atoms with Crippen molar-refractivity contribution in [2.45, 2.75) is 31.7 Å². The molecule has 140 valence electrons. The number of H-pyrrole nitrogens is 1. The first-order valence-electron chi connectivity index (χ1n) is 9.67.